The van der Waals surface area contributed by atoms with Crippen LogP contribution in [0.2, 0.25) is 0 Å². The number of piperazine rings is 1. The van der Waals surface area contributed by atoms with Crippen molar-refractivity contribution < 1.29 is 9.13 Å². The number of ether oxygens (including phenoxy) is 1. The lowest BCUT2D eigenvalue weighted by Crippen LogP contribution is -2.46. The van der Waals surface area contributed by atoms with Crippen LogP contribution in [-0.4, -0.2) is 43.3 Å². The van der Waals surface area contributed by atoms with Crippen LogP contribution in [0.1, 0.15) is 0 Å². The van der Waals surface area contributed by atoms with E-state index in [2.05, 4.69) is 37.3 Å². The van der Waals surface area contributed by atoms with Crippen LogP contribution in [0.3, 0.4) is 0 Å². The molecule has 0 saturated carbocycles. The third kappa shape index (κ3) is 2.65. The van der Waals surface area contributed by atoms with Gasteiger partial charge >= 0.3 is 0 Å². The average Bonchev–Trinajstić information content (AvgIpc) is 3.15. The standard InChI is InChI=1S/C17H17FN4OS/c1-23-15-9-12-14(10-13(15)18)19-11-20-17(12)22-6-4-21(5-7-22)16-3-2-8-24-16/h2-3,8-11H,4-7H2,1H3. The first-order valence-corrected chi connectivity index (χ1v) is 8.66. The van der Waals surface area contributed by atoms with Crippen molar-refractivity contribution >= 4 is 33.1 Å². The molecule has 1 saturated heterocycles. The third-order valence-corrected chi connectivity index (χ3v) is 5.21. The van der Waals surface area contributed by atoms with Gasteiger partial charge in [0.1, 0.15) is 12.1 Å². The monoisotopic (exact) mass is 344 g/mol. The second-order valence-corrected chi connectivity index (χ2v) is 6.55. The topological polar surface area (TPSA) is 41.5 Å². The normalized spacial score (nSPS) is 15.1. The number of aromatic nitrogens is 2. The fraction of sp³-hybridized carbons (Fsp3) is 0.294. The number of nitrogens with zero attached hydrogens (tertiary/aromatic N) is 4. The molecule has 24 heavy (non-hydrogen) atoms. The molecular weight excluding hydrogens is 327 g/mol. The Hall–Kier alpha value is -2.41. The second-order valence-electron chi connectivity index (χ2n) is 5.63. The van der Waals surface area contributed by atoms with Gasteiger partial charge in [0.15, 0.2) is 11.6 Å². The highest BCUT2D eigenvalue weighted by Crippen LogP contribution is 2.30. The lowest BCUT2D eigenvalue weighted by molar-refractivity contribution is 0.387. The Balaban J connectivity index is 1.63. The van der Waals surface area contributed by atoms with Gasteiger partial charge in [-0.25, -0.2) is 14.4 Å². The summed E-state index contributed by atoms with van der Waals surface area (Å²) in [5.74, 6) is 0.650. The van der Waals surface area contributed by atoms with Crippen LogP contribution in [-0.2, 0) is 0 Å². The molecule has 4 rings (SSSR count). The summed E-state index contributed by atoms with van der Waals surface area (Å²) in [6, 6.07) is 7.31. The summed E-state index contributed by atoms with van der Waals surface area (Å²) in [6.45, 7) is 3.60. The molecule has 1 aliphatic rings. The maximum Gasteiger partial charge on any atom is 0.167 e. The lowest BCUT2D eigenvalue weighted by Gasteiger charge is -2.36. The van der Waals surface area contributed by atoms with Crippen molar-refractivity contribution in [2.45, 2.75) is 0 Å². The van der Waals surface area contributed by atoms with E-state index in [0.29, 0.717) is 5.52 Å². The molecule has 7 heteroatoms. The fourth-order valence-electron chi connectivity index (χ4n) is 3.04. The zero-order valence-electron chi connectivity index (χ0n) is 13.3. The molecule has 3 heterocycles. The molecule has 0 bridgehead atoms. The highest BCUT2D eigenvalue weighted by molar-refractivity contribution is 7.14. The molecule has 2 aromatic heterocycles. The highest BCUT2D eigenvalue weighted by atomic mass is 32.1. The molecule has 124 valence electrons. The predicted molar refractivity (Wildman–Crippen MR) is 94.8 cm³/mol. The van der Waals surface area contributed by atoms with Crippen LogP contribution in [0.25, 0.3) is 10.9 Å². The number of halogens is 1. The van der Waals surface area contributed by atoms with E-state index in [1.807, 2.05) is 0 Å². The third-order valence-electron chi connectivity index (χ3n) is 4.28. The second kappa shape index (κ2) is 6.24. The molecule has 3 aromatic rings. The molecule has 0 aliphatic carbocycles. The summed E-state index contributed by atoms with van der Waals surface area (Å²) in [7, 11) is 1.47. The van der Waals surface area contributed by atoms with E-state index < -0.39 is 5.82 Å². The Morgan fingerprint density at radius 1 is 1.12 bits per heavy atom. The molecule has 1 aliphatic heterocycles. The van der Waals surface area contributed by atoms with Gasteiger partial charge in [-0.05, 0) is 23.6 Å². The number of anilines is 2. The molecule has 5 nitrogen and oxygen atoms in total. The minimum atomic E-state index is -0.405. The zero-order valence-corrected chi connectivity index (χ0v) is 14.1. The minimum absolute atomic E-state index is 0.218. The van der Waals surface area contributed by atoms with Gasteiger partial charge < -0.3 is 14.5 Å². The van der Waals surface area contributed by atoms with Crippen molar-refractivity contribution in [2.24, 2.45) is 0 Å². The maximum atomic E-state index is 13.9. The van der Waals surface area contributed by atoms with Gasteiger partial charge in [-0.3, -0.25) is 0 Å². The first-order chi connectivity index (χ1) is 11.8. The Morgan fingerprint density at radius 3 is 2.62 bits per heavy atom. The Labute approximate surface area is 143 Å². The largest absolute Gasteiger partial charge is 0.494 e. The Bertz CT molecular complexity index is 847. The van der Waals surface area contributed by atoms with Crippen molar-refractivity contribution in [1.82, 2.24) is 9.97 Å². The van der Waals surface area contributed by atoms with Gasteiger partial charge in [-0.2, -0.15) is 0 Å². The average molecular weight is 344 g/mol. The van der Waals surface area contributed by atoms with Crippen molar-refractivity contribution in [3.63, 3.8) is 0 Å². The van der Waals surface area contributed by atoms with Gasteiger partial charge in [0.2, 0.25) is 0 Å². The maximum absolute atomic E-state index is 13.9. The minimum Gasteiger partial charge on any atom is -0.494 e. The van der Waals surface area contributed by atoms with Crippen molar-refractivity contribution in [1.29, 1.82) is 0 Å². The molecule has 1 aromatic carbocycles. The number of hydrogen-bond acceptors (Lipinski definition) is 6. The van der Waals surface area contributed by atoms with Gasteiger partial charge in [0.25, 0.3) is 0 Å². The van der Waals surface area contributed by atoms with E-state index in [0.717, 1.165) is 37.4 Å². The van der Waals surface area contributed by atoms with Crippen molar-refractivity contribution in [3.8, 4) is 5.75 Å². The number of methoxy groups -OCH3 is 1. The van der Waals surface area contributed by atoms with Gasteiger partial charge in [-0.15, -0.1) is 11.3 Å². The molecule has 0 spiro atoms. The molecule has 1 fully saturated rings. The van der Waals surface area contributed by atoms with Gasteiger partial charge in [-0.1, -0.05) is 0 Å². The number of thiophene rings is 1. The van der Waals surface area contributed by atoms with Crippen LogP contribution >= 0.6 is 11.3 Å². The smallest absolute Gasteiger partial charge is 0.167 e. The van der Waals surface area contributed by atoms with E-state index in [9.17, 15) is 4.39 Å². The van der Waals surface area contributed by atoms with Crippen LogP contribution in [0.4, 0.5) is 15.2 Å². The number of hydrogen-bond donors (Lipinski definition) is 0. The summed E-state index contributed by atoms with van der Waals surface area (Å²) < 4.78 is 19.0. The first kappa shape index (κ1) is 15.1. The lowest BCUT2D eigenvalue weighted by atomic mass is 10.2. The fourth-order valence-corrected chi connectivity index (χ4v) is 3.83. The van der Waals surface area contributed by atoms with Crippen LogP contribution < -0.4 is 14.5 Å². The summed E-state index contributed by atoms with van der Waals surface area (Å²) >= 11 is 1.76. The summed E-state index contributed by atoms with van der Waals surface area (Å²) in [6.07, 6.45) is 1.50. The van der Waals surface area contributed by atoms with E-state index in [1.165, 1.54) is 24.5 Å². The van der Waals surface area contributed by atoms with E-state index >= 15 is 0 Å². The summed E-state index contributed by atoms with van der Waals surface area (Å²) in [5.41, 5.74) is 0.596. The molecule has 0 amide bonds. The number of fused-ring (bicyclic) bond motifs is 1. The zero-order chi connectivity index (χ0) is 16.5. The van der Waals surface area contributed by atoms with Crippen LogP contribution in [0.5, 0.6) is 5.75 Å². The molecule has 0 atom stereocenters. The Kier molecular flexibility index (Phi) is 3.93. The quantitative estimate of drug-likeness (QED) is 0.730. The number of benzene rings is 1. The first-order valence-electron chi connectivity index (χ1n) is 7.78. The predicted octanol–water partition coefficient (Wildman–Crippen LogP) is 3.17. The SMILES string of the molecule is COc1cc2c(N3CCN(c4cccs4)CC3)ncnc2cc1F. The molecular formula is C17H17FN4OS. The van der Waals surface area contributed by atoms with Gasteiger partial charge in [0.05, 0.1) is 17.6 Å². The highest BCUT2D eigenvalue weighted by Gasteiger charge is 2.21. The van der Waals surface area contributed by atoms with Gasteiger partial charge in [0, 0.05) is 37.6 Å². The van der Waals surface area contributed by atoms with E-state index in [4.69, 9.17) is 4.74 Å². The van der Waals surface area contributed by atoms with Crippen LogP contribution in [0, 0.1) is 5.82 Å². The summed E-state index contributed by atoms with van der Waals surface area (Å²) in [4.78, 5) is 13.2. The van der Waals surface area contributed by atoms with Crippen LogP contribution in [0.15, 0.2) is 36.0 Å². The van der Waals surface area contributed by atoms with E-state index in [-0.39, 0.29) is 5.75 Å². The number of rotatable bonds is 3. The molecule has 0 N–H and O–H groups in total. The molecule has 0 radical (unpaired) electrons. The van der Waals surface area contributed by atoms with E-state index in [1.54, 1.807) is 17.4 Å². The van der Waals surface area contributed by atoms with Crippen molar-refractivity contribution in [3.05, 3.63) is 41.8 Å². The molecule has 0 unspecified atom stereocenters. The Morgan fingerprint density at radius 2 is 1.92 bits per heavy atom. The van der Waals surface area contributed by atoms with Crippen molar-refractivity contribution in [2.75, 3.05) is 43.1 Å². The summed E-state index contributed by atoms with van der Waals surface area (Å²) in [5, 5.41) is 4.21.